The van der Waals surface area contributed by atoms with Crippen molar-refractivity contribution in [3.63, 3.8) is 0 Å². The van der Waals surface area contributed by atoms with E-state index < -0.39 is 0 Å². The van der Waals surface area contributed by atoms with E-state index >= 15 is 0 Å². The van der Waals surface area contributed by atoms with Crippen molar-refractivity contribution in [3.8, 4) is 84.5 Å². The van der Waals surface area contributed by atoms with E-state index in [1.54, 1.807) is 0 Å². The molecular formula is C53H36N4. The molecule has 0 saturated heterocycles. The Hall–Kier alpha value is -7.48. The lowest BCUT2D eigenvalue weighted by Crippen LogP contribution is -2.15. The van der Waals surface area contributed by atoms with Crippen molar-refractivity contribution in [1.82, 2.24) is 15.0 Å². The van der Waals surface area contributed by atoms with E-state index in [9.17, 15) is 5.26 Å². The van der Waals surface area contributed by atoms with Gasteiger partial charge in [0.1, 0.15) is 0 Å². The molecule has 4 heteroatoms. The van der Waals surface area contributed by atoms with Gasteiger partial charge in [0.2, 0.25) is 0 Å². The fraction of sp³-hybridized carbons (Fsp3) is 0.0566. The van der Waals surface area contributed by atoms with Gasteiger partial charge < -0.3 is 0 Å². The zero-order valence-corrected chi connectivity index (χ0v) is 31.6. The van der Waals surface area contributed by atoms with Crippen molar-refractivity contribution >= 4 is 10.8 Å². The largest absolute Gasteiger partial charge is 0.264 e. The van der Waals surface area contributed by atoms with E-state index in [4.69, 9.17) is 9.97 Å². The van der Waals surface area contributed by atoms with Gasteiger partial charge in [-0.1, -0.05) is 135 Å². The summed E-state index contributed by atoms with van der Waals surface area (Å²) < 4.78 is 0. The number of nitriles is 1. The second kappa shape index (κ2) is 13.7. The summed E-state index contributed by atoms with van der Waals surface area (Å²) in [6.07, 6.45) is 3.73. The van der Waals surface area contributed by atoms with Crippen LogP contribution in [0, 0.1) is 11.3 Å². The maximum absolute atomic E-state index is 9.57. The first-order valence-corrected chi connectivity index (χ1v) is 19.2. The van der Waals surface area contributed by atoms with Gasteiger partial charge in [0, 0.05) is 40.1 Å². The lowest BCUT2D eigenvalue weighted by atomic mass is 9.81. The van der Waals surface area contributed by atoms with Gasteiger partial charge in [-0.25, -0.2) is 9.97 Å². The van der Waals surface area contributed by atoms with E-state index in [1.165, 1.54) is 33.2 Å². The fourth-order valence-corrected chi connectivity index (χ4v) is 8.38. The predicted molar refractivity (Wildman–Crippen MR) is 232 cm³/mol. The molecular weight excluding hydrogens is 693 g/mol. The minimum absolute atomic E-state index is 0.214. The third kappa shape index (κ3) is 6.07. The monoisotopic (exact) mass is 728 g/mol. The number of nitrogens with zero attached hydrogens (tertiary/aromatic N) is 4. The first-order valence-electron chi connectivity index (χ1n) is 19.2. The molecule has 2 heterocycles. The first kappa shape index (κ1) is 34.0. The molecule has 0 amide bonds. The molecule has 9 aromatic rings. The Morgan fingerprint density at radius 2 is 1.11 bits per heavy atom. The Balaban J connectivity index is 1.13. The van der Waals surface area contributed by atoms with Crippen molar-refractivity contribution in [2.24, 2.45) is 0 Å². The SMILES string of the molecule is CC1(C)c2cc(-c3cc(-c4cccnc4)cc(-c4cc(-c5ccc(-c6ccccc6)cc5)nc(-c5ccccc5)n4)c3)ccc2-c2c1ccc1cc(C#N)ccc21. The maximum Gasteiger partial charge on any atom is 0.160 e. The van der Waals surface area contributed by atoms with Crippen LogP contribution in [0.15, 0.2) is 182 Å². The van der Waals surface area contributed by atoms with Gasteiger partial charge >= 0.3 is 0 Å². The second-order valence-electron chi connectivity index (χ2n) is 15.2. The smallest absolute Gasteiger partial charge is 0.160 e. The van der Waals surface area contributed by atoms with Crippen molar-refractivity contribution in [2.45, 2.75) is 19.3 Å². The molecule has 1 aliphatic rings. The molecule has 57 heavy (non-hydrogen) atoms. The quantitative estimate of drug-likeness (QED) is 0.171. The van der Waals surface area contributed by atoms with Crippen LogP contribution < -0.4 is 0 Å². The molecule has 0 radical (unpaired) electrons. The summed E-state index contributed by atoms with van der Waals surface area (Å²) in [5, 5.41) is 11.8. The van der Waals surface area contributed by atoms with Gasteiger partial charge in [-0.15, -0.1) is 0 Å². The highest BCUT2D eigenvalue weighted by molar-refractivity contribution is 6.03. The highest BCUT2D eigenvalue weighted by atomic mass is 14.9. The number of hydrogen-bond donors (Lipinski definition) is 0. The number of pyridine rings is 1. The standard InChI is InChI=1S/C53H36N4/c1-53(2)47-24-21-40-26-34(32-54)15-22-45(40)51(47)46-23-20-39(30-48(46)53)42-27-43(41-14-9-25-55-33-41)29-44(28-42)50-31-49(56-52(57-50)38-12-7-4-8-13-38)37-18-16-36(17-19-37)35-10-5-3-6-11-35/h3-31,33H,1-2H3. The molecule has 0 N–H and O–H groups in total. The molecule has 0 fully saturated rings. The van der Waals surface area contributed by atoms with Crippen LogP contribution in [-0.2, 0) is 5.41 Å². The summed E-state index contributed by atoms with van der Waals surface area (Å²) in [4.78, 5) is 14.9. The third-order valence-electron chi connectivity index (χ3n) is 11.4. The molecule has 7 aromatic carbocycles. The number of aromatic nitrogens is 3. The third-order valence-corrected chi connectivity index (χ3v) is 11.4. The summed E-state index contributed by atoms with van der Waals surface area (Å²) >= 11 is 0. The summed E-state index contributed by atoms with van der Waals surface area (Å²) in [6.45, 7) is 4.63. The van der Waals surface area contributed by atoms with Crippen LogP contribution in [0.4, 0.5) is 0 Å². The van der Waals surface area contributed by atoms with Gasteiger partial charge in [0.05, 0.1) is 23.0 Å². The number of hydrogen-bond acceptors (Lipinski definition) is 4. The first-order chi connectivity index (χ1) is 27.9. The summed E-state index contributed by atoms with van der Waals surface area (Å²) in [7, 11) is 0. The lowest BCUT2D eigenvalue weighted by molar-refractivity contribution is 0.661. The topological polar surface area (TPSA) is 62.5 Å². The number of benzene rings is 7. The van der Waals surface area contributed by atoms with Gasteiger partial charge in [-0.3, -0.25) is 4.98 Å². The van der Waals surface area contributed by atoms with E-state index in [2.05, 4.69) is 152 Å². The second-order valence-corrected chi connectivity index (χ2v) is 15.2. The number of fused-ring (bicyclic) bond motifs is 5. The van der Waals surface area contributed by atoms with Crippen molar-refractivity contribution < 1.29 is 0 Å². The highest BCUT2D eigenvalue weighted by Crippen LogP contribution is 2.52. The average Bonchev–Trinajstić information content (AvgIpc) is 3.52. The van der Waals surface area contributed by atoms with Crippen molar-refractivity contribution in [1.29, 1.82) is 5.26 Å². The van der Waals surface area contributed by atoms with Gasteiger partial charge in [-0.2, -0.15) is 5.26 Å². The minimum Gasteiger partial charge on any atom is -0.264 e. The van der Waals surface area contributed by atoms with Crippen molar-refractivity contribution in [2.75, 3.05) is 0 Å². The van der Waals surface area contributed by atoms with Crippen LogP contribution in [-0.4, -0.2) is 15.0 Å². The number of rotatable bonds is 6. The normalized spacial score (nSPS) is 12.5. The average molecular weight is 729 g/mol. The zero-order valence-electron chi connectivity index (χ0n) is 31.6. The van der Waals surface area contributed by atoms with Crippen LogP contribution >= 0.6 is 0 Å². The molecule has 4 nitrogen and oxygen atoms in total. The molecule has 0 spiro atoms. The molecule has 268 valence electrons. The summed E-state index contributed by atoms with van der Waals surface area (Å²) in [5.74, 6) is 0.676. The Bertz CT molecular complexity index is 3020. The van der Waals surface area contributed by atoms with Crippen LogP contribution in [0.1, 0.15) is 30.5 Å². The molecule has 0 aliphatic heterocycles. The fourth-order valence-electron chi connectivity index (χ4n) is 8.38. The van der Waals surface area contributed by atoms with Gasteiger partial charge in [0.25, 0.3) is 0 Å². The molecule has 1 aliphatic carbocycles. The Kier molecular flexibility index (Phi) is 8.17. The molecule has 0 atom stereocenters. The Morgan fingerprint density at radius 3 is 1.82 bits per heavy atom. The van der Waals surface area contributed by atoms with Crippen LogP contribution in [0.25, 0.3) is 89.2 Å². The Morgan fingerprint density at radius 1 is 0.474 bits per heavy atom. The highest BCUT2D eigenvalue weighted by Gasteiger charge is 2.36. The summed E-state index contributed by atoms with van der Waals surface area (Å²) in [5.41, 5.74) is 16.9. The van der Waals surface area contributed by atoms with E-state index in [-0.39, 0.29) is 5.41 Å². The molecule has 10 rings (SSSR count). The molecule has 0 unspecified atom stereocenters. The lowest BCUT2D eigenvalue weighted by Gasteiger charge is -2.22. The van der Waals surface area contributed by atoms with Gasteiger partial charge in [0.15, 0.2) is 5.82 Å². The molecule has 0 bridgehead atoms. The van der Waals surface area contributed by atoms with Crippen LogP contribution in [0.5, 0.6) is 0 Å². The van der Waals surface area contributed by atoms with Crippen LogP contribution in [0.3, 0.4) is 0 Å². The van der Waals surface area contributed by atoms with Crippen molar-refractivity contribution in [3.05, 3.63) is 199 Å². The maximum atomic E-state index is 9.57. The molecule has 0 saturated carbocycles. The molecule has 2 aromatic heterocycles. The zero-order chi connectivity index (χ0) is 38.5. The van der Waals surface area contributed by atoms with E-state index in [1.807, 2.05) is 54.9 Å². The van der Waals surface area contributed by atoms with E-state index in [0.29, 0.717) is 11.4 Å². The van der Waals surface area contributed by atoms with Crippen LogP contribution in [0.2, 0.25) is 0 Å². The van der Waals surface area contributed by atoms with Gasteiger partial charge in [-0.05, 0) is 109 Å². The minimum atomic E-state index is -0.214. The predicted octanol–water partition coefficient (Wildman–Crippen LogP) is 13.2. The van der Waals surface area contributed by atoms with E-state index in [0.717, 1.165) is 61.3 Å². The Labute approximate surface area is 332 Å². The summed E-state index contributed by atoms with van der Waals surface area (Å²) in [6, 6.07) is 61.8.